The van der Waals surface area contributed by atoms with E-state index in [2.05, 4.69) is 30.9 Å². The topological polar surface area (TPSA) is 92.0 Å². The van der Waals surface area contributed by atoms with Crippen LogP contribution in [0.1, 0.15) is 67.8 Å². The van der Waals surface area contributed by atoms with Gasteiger partial charge in [0.1, 0.15) is 6.04 Å². The van der Waals surface area contributed by atoms with E-state index in [1.54, 1.807) is 11.0 Å². The van der Waals surface area contributed by atoms with Crippen LogP contribution in [0.3, 0.4) is 0 Å². The summed E-state index contributed by atoms with van der Waals surface area (Å²) in [6, 6.07) is 11.9. The van der Waals surface area contributed by atoms with Crippen molar-refractivity contribution in [1.29, 1.82) is 5.41 Å². The van der Waals surface area contributed by atoms with Crippen LogP contribution >= 0.6 is 12.4 Å². The quantitative estimate of drug-likeness (QED) is 0.304. The molecule has 0 saturated carbocycles. The highest BCUT2D eigenvalue weighted by atomic mass is 35.5. The first-order valence-corrected chi connectivity index (χ1v) is 11.7. The molecule has 36 heavy (non-hydrogen) atoms. The molecule has 0 radical (unpaired) electrons. The van der Waals surface area contributed by atoms with Gasteiger partial charge in [-0.15, -0.1) is 12.4 Å². The van der Waals surface area contributed by atoms with E-state index in [4.69, 9.17) is 15.7 Å². The van der Waals surface area contributed by atoms with Crippen LogP contribution in [-0.4, -0.2) is 27.5 Å². The Morgan fingerprint density at radius 2 is 1.81 bits per heavy atom. The van der Waals surface area contributed by atoms with Gasteiger partial charge in [0.2, 0.25) is 11.7 Å². The summed E-state index contributed by atoms with van der Waals surface area (Å²) in [5, 5.41) is 11.6. The van der Waals surface area contributed by atoms with Crippen LogP contribution < -0.4 is 5.73 Å². The minimum atomic E-state index is -4.51. The fourth-order valence-corrected chi connectivity index (χ4v) is 4.45. The van der Waals surface area contributed by atoms with Crippen LogP contribution in [0.4, 0.5) is 13.2 Å². The van der Waals surface area contributed by atoms with E-state index in [-0.39, 0.29) is 59.1 Å². The molecule has 1 fully saturated rings. The Bertz CT molecular complexity index is 1200. The molecule has 0 unspecified atom stereocenters. The van der Waals surface area contributed by atoms with Crippen LogP contribution in [0.5, 0.6) is 0 Å². The number of alkyl halides is 3. The highest BCUT2D eigenvalue weighted by Crippen LogP contribution is 2.36. The van der Waals surface area contributed by atoms with E-state index in [0.29, 0.717) is 19.4 Å². The first kappa shape index (κ1) is 27.5. The van der Waals surface area contributed by atoms with Crippen LogP contribution in [0, 0.1) is 5.41 Å². The average Bonchev–Trinajstić information content (AvgIpc) is 3.46. The van der Waals surface area contributed by atoms with Crippen molar-refractivity contribution >= 4 is 18.4 Å². The lowest BCUT2D eigenvalue weighted by Crippen LogP contribution is -2.35. The Balaban J connectivity index is 0.00000361. The van der Waals surface area contributed by atoms with E-state index in [1.165, 1.54) is 11.6 Å². The zero-order valence-electron chi connectivity index (χ0n) is 20.5. The van der Waals surface area contributed by atoms with E-state index in [0.717, 1.165) is 18.1 Å². The normalized spacial score (nSPS) is 16.2. The molecule has 10 heteroatoms. The molecule has 1 atom stereocenters. The maximum Gasteiger partial charge on any atom is 0.416 e. The molecule has 3 aromatic rings. The molecule has 194 valence electrons. The third-order valence-corrected chi connectivity index (χ3v) is 6.47. The van der Waals surface area contributed by atoms with Crippen molar-refractivity contribution in [3.8, 4) is 11.4 Å². The number of hydrogen-bond acceptors (Lipinski definition) is 4. The van der Waals surface area contributed by atoms with Gasteiger partial charge in [0.25, 0.3) is 0 Å². The van der Waals surface area contributed by atoms with Crippen molar-refractivity contribution < 1.29 is 17.7 Å². The van der Waals surface area contributed by atoms with Crippen LogP contribution in [-0.2, 0) is 24.4 Å². The number of nitrogens with zero attached hydrogens (tertiary/aromatic N) is 3. The second-order valence-electron chi connectivity index (χ2n) is 10.0. The number of hydrogen-bond donors (Lipinski definition) is 2. The van der Waals surface area contributed by atoms with Gasteiger partial charge in [-0.1, -0.05) is 62.3 Å². The number of aryl methyl sites for hydroxylation is 2. The molecule has 0 aliphatic carbocycles. The summed E-state index contributed by atoms with van der Waals surface area (Å²) in [6.07, 6.45) is -2.25. The molecule has 0 spiro atoms. The smallest absolute Gasteiger partial charge is 0.370 e. The molecule has 2 heterocycles. The fraction of sp³-hybridized carbons (Fsp3) is 0.423. The van der Waals surface area contributed by atoms with Crippen molar-refractivity contribution in [2.75, 3.05) is 6.54 Å². The Labute approximate surface area is 215 Å². The van der Waals surface area contributed by atoms with Crippen LogP contribution in [0.15, 0.2) is 47.0 Å². The molecule has 0 bridgehead atoms. The Kier molecular flexibility index (Phi) is 8.03. The minimum Gasteiger partial charge on any atom is -0.370 e. The van der Waals surface area contributed by atoms with Gasteiger partial charge in [-0.05, 0) is 53.9 Å². The molecule has 3 N–H and O–H groups in total. The van der Waals surface area contributed by atoms with E-state index < -0.39 is 11.7 Å². The lowest BCUT2D eigenvalue weighted by atomic mass is 9.86. The van der Waals surface area contributed by atoms with Gasteiger partial charge >= 0.3 is 6.18 Å². The summed E-state index contributed by atoms with van der Waals surface area (Å²) in [5.74, 6) is 0.248. The zero-order chi connectivity index (χ0) is 25.4. The van der Waals surface area contributed by atoms with Crippen molar-refractivity contribution in [2.45, 2.75) is 64.1 Å². The van der Waals surface area contributed by atoms with Gasteiger partial charge in [-0.25, -0.2) is 0 Å². The third-order valence-electron chi connectivity index (χ3n) is 6.47. The van der Waals surface area contributed by atoms with Crippen molar-refractivity contribution in [3.05, 3.63) is 70.6 Å². The number of benzene rings is 2. The molecule has 1 aliphatic heterocycles. The molecule has 1 aliphatic rings. The molecule has 1 saturated heterocycles. The highest BCUT2D eigenvalue weighted by Gasteiger charge is 2.35. The van der Waals surface area contributed by atoms with E-state index in [9.17, 15) is 13.2 Å². The average molecular weight is 522 g/mol. The number of nitrogens with one attached hydrogen (secondary N) is 1. The second-order valence-corrected chi connectivity index (χ2v) is 10.0. The summed E-state index contributed by atoms with van der Waals surface area (Å²) < 4.78 is 47.2. The molecular weight excluding hydrogens is 491 g/mol. The minimum absolute atomic E-state index is 0. The largest absolute Gasteiger partial charge is 0.416 e. The summed E-state index contributed by atoms with van der Waals surface area (Å²) in [7, 11) is 0. The zero-order valence-corrected chi connectivity index (χ0v) is 21.3. The number of nitrogens with two attached hydrogens (primary N) is 1. The summed E-state index contributed by atoms with van der Waals surface area (Å²) in [4.78, 5) is 5.98. The highest BCUT2D eigenvalue weighted by molar-refractivity contribution is 5.85. The van der Waals surface area contributed by atoms with Gasteiger partial charge in [0, 0.05) is 12.1 Å². The van der Waals surface area contributed by atoms with Crippen LogP contribution in [0.25, 0.3) is 11.4 Å². The van der Waals surface area contributed by atoms with Gasteiger partial charge in [0.05, 0.1) is 5.56 Å². The predicted octanol–water partition coefficient (Wildman–Crippen LogP) is 6.29. The number of aromatic nitrogens is 2. The maximum atomic E-state index is 13.9. The number of guanidine groups is 1. The number of rotatable bonds is 5. The molecule has 4 rings (SSSR count). The monoisotopic (exact) mass is 521 g/mol. The van der Waals surface area contributed by atoms with Crippen molar-refractivity contribution in [2.24, 2.45) is 5.73 Å². The SMILES string of the molecule is CC(C)(C)c1ccc(CCc2ccc(-c3noc([C@@H]4CCCN4C(=N)N)n3)cc2C(F)(F)F)cc1.Cl. The Morgan fingerprint density at radius 3 is 2.42 bits per heavy atom. The third kappa shape index (κ3) is 6.00. The van der Waals surface area contributed by atoms with Gasteiger partial charge in [0.15, 0.2) is 5.96 Å². The van der Waals surface area contributed by atoms with Gasteiger partial charge in [-0.3, -0.25) is 5.41 Å². The molecule has 6 nitrogen and oxygen atoms in total. The summed E-state index contributed by atoms with van der Waals surface area (Å²) >= 11 is 0. The Morgan fingerprint density at radius 1 is 1.11 bits per heavy atom. The predicted molar refractivity (Wildman–Crippen MR) is 135 cm³/mol. The number of halogens is 4. The summed E-state index contributed by atoms with van der Waals surface area (Å²) in [5.41, 5.74) is 7.58. The molecule has 2 aromatic carbocycles. The standard InChI is InChI=1S/C26H30F3N5O.ClH/c1-25(2,3)19-12-7-16(8-13-19)6-9-17-10-11-18(15-20(17)26(27,28)29)22-32-23(35-33-22)21-5-4-14-34(21)24(30)31;/h7-8,10-13,15,21H,4-6,9,14H2,1-3H3,(H3,30,31);1H/t21-;/m0./s1. The van der Waals surface area contributed by atoms with Gasteiger partial charge < -0.3 is 15.2 Å². The van der Waals surface area contributed by atoms with Crippen molar-refractivity contribution in [3.63, 3.8) is 0 Å². The Hall–Kier alpha value is -3.07. The summed E-state index contributed by atoms with van der Waals surface area (Å²) in [6.45, 7) is 6.97. The fourth-order valence-electron chi connectivity index (χ4n) is 4.45. The second kappa shape index (κ2) is 10.5. The number of likely N-dealkylation sites (tertiary alicyclic amines) is 1. The van der Waals surface area contributed by atoms with Gasteiger partial charge in [-0.2, -0.15) is 18.2 Å². The molecular formula is C26H31ClF3N5O. The molecule has 0 amide bonds. The van der Waals surface area contributed by atoms with E-state index in [1.807, 2.05) is 24.3 Å². The first-order chi connectivity index (χ1) is 16.4. The first-order valence-electron chi connectivity index (χ1n) is 11.7. The van der Waals surface area contributed by atoms with Crippen molar-refractivity contribution in [1.82, 2.24) is 15.0 Å². The molecule has 1 aromatic heterocycles. The van der Waals surface area contributed by atoms with Crippen LogP contribution in [0.2, 0.25) is 0 Å². The lowest BCUT2D eigenvalue weighted by molar-refractivity contribution is -0.138. The maximum absolute atomic E-state index is 13.9. The van der Waals surface area contributed by atoms with E-state index >= 15 is 0 Å². The lowest BCUT2D eigenvalue weighted by Gasteiger charge is -2.21.